The van der Waals surface area contributed by atoms with Crippen LogP contribution in [-0.2, 0) is 4.79 Å². The number of benzene rings is 1. The highest BCUT2D eigenvalue weighted by atomic mass is 35.5. The highest BCUT2D eigenvalue weighted by Crippen LogP contribution is 2.26. The fraction of sp³-hybridized carbons (Fsp3) is 0.412. The van der Waals surface area contributed by atoms with E-state index < -0.39 is 0 Å². The highest BCUT2D eigenvalue weighted by Gasteiger charge is 2.24. The maximum atomic E-state index is 12.2. The van der Waals surface area contributed by atoms with Crippen molar-refractivity contribution in [2.24, 2.45) is 11.7 Å². The minimum atomic E-state index is 0. The number of H-pyrrole nitrogens is 1. The van der Waals surface area contributed by atoms with E-state index in [4.69, 9.17) is 5.73 Å². The van der Waals surface area contributed by atoms with Gasteiger partial charge in [0.25, 0.3) is 0 Å². The fourth-order valence-corrected chi connectivity index (χ4v) is 3.12. The number of rotatable bonds is 4. The van der Waals surface area contributed by atoms with E-state index in [1.807, 2.05) is 30.3 Å². The van der Waals surface area contributed by atoms with Gasteiger partial charge in [0.1, 0.15) is 0 Å². The van der Waals surface area contributed by atoms with E-state index in [1.54, 1.807) is 6.20 Å². The van der Waals surface area contributed by atoms with E-state index in [0.717, 1.165) is 29.8 Å². The van der Waals surface area contributed by atoms with Crippen LogP contribution in [0.25, 0.3) is 11.3 Å². The molecule has 2 aromatic rings. The van der Waals surface area contributed by atoms with Crippen LogP contribution in [0, 0.1) is 5.92 Å². The lowest BCUT2D eigenvalue weighted by atomic mass is 9.83. The first kappa shape index (κ1) is 17.5. The van der Waals surface area contributed by atoms with Crippen LogP contribution in [0.2, 0.25) is 0 Å². The number of nitrogens with one attached hydrogen (secondary N) is 2. The number of carbonyl (C=O) groups is 1. The Morgan fingerprint density at radius 3 is 2.87 bits per heavy atom. The van der Waals surface area contributed by atoms with Gasteiger partial charge in [-0.05, 0) is 37.0 Å². The van der Waals surface area contributed by atoms with Crippen molar-refractivity contribution in [3.63, 3.8) is 0 Å². The largest absolute Gasteiger partial charge is 0.327 e. The molecule has 1 aliphatic carbocycles. The molecule has 1 amide bonds. The summed E-state index contributed by atoms with van der Waals surface area (Å²) in [5.74, 6) is 0.355. The lowest BCUT2D eigenvalue weighted by Gasteiger charge is -2.27. The van der Waals surface area contributed by atoms with Gasteiger partial charge in [0.15, 0.2) is 0 Å². The third-order valence-electron chi connectivity index (χ3n) is 4.37. The molecule has 1 aromatic heterocycles. The second kappa shape index (κ2) is 8.13. The molecule has 1 aromatic carbocycles. The zero-order chi connectivity index (χ0) is 15.4. The molecule has 0 spiro atoms. The third kappa shape index (κ3) is 4.56. The second-order valence-electron chi connectivity index (χ2n) is 6.01. The number of aromatic amines is 1. The number of anilines is 1. The first-order valence-corrected chi connectivity index (χ1v) is 7.87. The van der Waals surface area contributed by atoms with E-state index in [2.05, 4.69) is 15.5 Å². The average molecular weight is 335 g/mol. The molecule has 0 saturated heterocycles. The fourth-order valence-electron chi connectivity index (χ4n) is 3.12. The van der Waals surface area contributed by atoms with Gasteiger partial charge >= 0.3 is 0 Å². The Labute approximate surface area is 142 Å². The minimum absolute atomic E-state index is 0. The Bertz CT molecular complexity index is 629. The smallest absolute Gasteiger partial charge is 0.224 e. The second-order valence-corrected chi connectivity index (χ2v) is 6.01. The number of aromatic nitrogens is 2. The van der Waals surface area contributed by atoms with Crippen molar-refractivity contribution in [3.05, 3.63) is 36.5 Å². The summed E-state index contributed by atoms with van der Waals surface area (Å²) in [5.41, 5.74) is 8.86. The Balaban J connectivity index is 0.00000192. The lowest BCUT2D eigenvalue weighted by Crippen LogP contribution is -2.35. The molecule has 2 atom stereocenters. The lowest BCUT2D eigenvalue weighted by molar-refractivity contribution is -0.117. The highest BCUT2D eigenvalue weighted by molar-refractivity contribution is 5.91. The summed E-state index contributed by atoms with van der Waals surface area (Å²) in [7, 11) is 0. The predicted molar refractivity (Wildman–Crippen MR) is 94.5 cm³/mol. The van der Waals surface area contributed by atoms with Crippen LogP contribution in [0.5, 0.6) is 0 Å². The Morgan fingerprint density at radius 2 is 2.13 bits per heavy atom. The maximum Gasteiger partial charge on any atom is 0.224 e. The molecular formula is C17H23ClN4O. The summed E-state index contributed by atoms with van der Waals surface area (Å²) in [6, 6.07) is 9.83. The number of nitrogens with two attached hydrogens (primary N) is 1. The van der Waals surface area contributed by atoms with Gasteiger partial charge < -0.3 is 11.1 Å². The molecule has 0 bridgehead atoms. The van der Waals surface area contributed by atoms with Gasteiger partial charge in [0.2, 0.25) is 5.91 Å². The van der Waals surface area contributed by atoms with Crippen molar-refractivity contribution in [2.75, 3.05) is 5.32 Å². The Morgan fingerprint density at radius 1 is 1.30 bits per heavy atom. The number of halogens is 1. The van der Waals surface area contributed by atoms with Crippen molar-refractivity contribution >= 4 is 24.0 Å². The normalized spacial score (nSPS) is 20.6. The molecule has 0 aliphatic heterocycles. The molecule has 0 radical (unpaired) electrons. The first-order chi connectivity index (χ1) is 10.7. The quantitative estimate of drug-likeness (QED) is 0.801. The van der Waals surface area contributed by atoms with Crippen molar-refractivity contribution in [3.8, 4) is 11.3 Å². The minimum Gasteiger partial charge on any atom is -0.327 e. The van der Waals surface area contributed by atoms with E-state index >= 15 is 0 Å². The number of amides is 1. The maximum absolute atomic E-state index is 12.2. The molecule has 3 rings (SSSR count). The topological polar surface area (TPSA) is 83.8 Å². The summed E-state index contributed by atoms with van der Waals surface area (Å²) in [6.07, 6.45) is 6.68. The van der Waals surface area contributed by atoms with Crippen LogP contribution in [-0.4, -0.2) is 22.1 Å². The van der Waals surface area contributed by atoms with Crippen LogP contribution in [0.1, 0.15) is 32.1 Å². The zero-order valence-electron chi connectivity index (χ0n) is 13.0. The van der Waals surface area contributed by atoms with Crippen LogP contribution < -0.4 is 11.1 Å². The van der Waals surface area contributed by atoms with Crippen molar-refractivity contribution < 1.29 is 4.79 Å². The van der Waals surface area contributed by atoms with E-state index in [-0.39, 0.29) is 24.4 Å². The summed E-state index contributed by atoms with van der Waals surface area (Å²) < 4.78 is 0. The molecule has 1 aliphatic rings. The van der Waals surface area contributed by atoms with E-state index in [9.17, 15) is 4.79 Å². The van der Waals surface area contributed by atoms with Crippen molar-refractivity contribution in [2.45, 2.75) is 38.1 Å². The van der Waals surface area contributed by atoms with Crippen LogP contribution in [0.4, 0.5) is 5.69 Å². The molecular weight excluding hydrogens is 312 g/mol. The predicted octanol–water partition coefficient (Wildman–Crippen LogP) is 3.34. The molecule has 1 fully saturated rings. The number of nitrogens with zero attached hydrogens (tertiary/aromatic N) is 1. The molecule has 23 heavy (non-hydrogen) atoms. The van der Waals surface area contributed by atoms with Gasteiger partial charge in [-0.15, -0.1) is 12.4 Å². The van der Waals surface area contributed by atoms with Crippen molar-refractivity contribution in [1.82, 2.24) is 10.2 Å². The monoisotopic (exact) mass is 334 g/mol. The van der Waals surface area contributed by atoms with Gasteiger partial charge in [-0.25, -0.2) is 0 Å². The molecule has 2 unspecified atom stereocenters. The number of hydrogen-bond acceptors (Lipinski definition) is 3. The van der Waals surface area contributed by atoms with Gasteiger partial charge in [0.05, 0.1) is 5.69 Å². The van der Waals surface area contributed by atoms with Gasteiger partial charge in [-0.1, -0.05) is 25.0 Å². The van der Waals surface area contributed by atoms with Crippen LogP contribution >= 0.6 is 12.4 Å². The first-order valence-electron chi connectivity index (χ1n) is 7.87. The molecule has 6 heteroatoms. The standard InChI is InChI=1S/C17H22N4O.ClH/c18-15-7-2-1-4-12(15)11-17(22)20-14-6-3-5-13(10-14)16-8-9-19-21-16;/h3,5-6,8-10,12,15H,1-2,4,7,11,18H2,(H,19,21)(H,20,22);1H. The molecule has 4 N–H and O–H groups in total. The summed E-state index contributed by atoms with van der Waals surface area (Å²) >= 11 is 0. The SMILES string of the molecule is Cl.NC1CCCCC1CC(=O)Nc1cccc(-c2ccn[nH]2)c1. The van der Waals surface area contributed by atoms with Crippen LogP contribution in [0.3, 0.4) is 0 Å². The molecule has 5 nitrogen and oxygen atoms in total. The Kier molecular flexibility index (Phi) is 6.19. The molecule has 1 saturated carbocycles. The van der Waals surface area contributed by atoms with E-state index in [1.165, 1.54) is 12.8 Å². The van der Waals surface area contributed by atoms with Crippen molar-refractivity contribution in [1.29, 1.82) is 0 Å². The van der Waals surface area contributed by atoms with E-state index in [0.29, 0.717) is 12.3 Å². The van der Waals surface area contributed by atoms with Gasteiger partial charge in [-0.2, -0.15) is 5.10 Å². The van der Waals surface area contributed by atoms with Gasteiger partial charge in [-0.3, -0.25) is 9.89 Å². The summed E-state index contributed by atoms with van der Waals surface area (Å²) in [6.45, 7) is 0. The average Bonchev–Trinajstić information content (AvgIpc) is 3.04. The number of hydrogen-bond donors (Lipinski definition) is 3. The summed E-state index contributed by atoms with van der Waals surface area (Å²) in [5, 5.41) is 9.86. The van der Waals surface area contributed by atoms with Crippen LogP contribution in [0.15, 0.2) is 36.5 Å². The molecule has 1 heterocycles. The summed E-state index contributed by atoms with van der Waals surface area (Å²) in [4.78, 5) is 12.2. The number of carbonyl (C=O) groups excluding carboxylic acids is 1. The molecule has 124 valence electrons. The zero-order valence-corrected chi connectivity index (χ0v) is 13.8. The Hall–Kier alpha value is -1.85. The van der Waals surface area contributed by atoms with Gasteiger partial charge in [0, 0.05) is 29.9 Å². The third-order valence-corrected chi connectivity index (χ3v) is 4.37.